The van der Waals surface area contributed by atoms with Crippen LogP contribution in [-0.2, 0) is 14.3 Å². The van der Waals surface area contributed by atoms with Gasteiger partial charge in [-0.1, -0.05) is 23.7 Å². The van der Waals surface area contributed by atoms with Crippen LogP contribution in [0.25, 0.3) is 0 Å². The van der Waals surface area contributed by atoms with Crippen LogP contribution in [-0.4, -0.2) is 35.8 Å². The predicted octanol–water partition coefficient (Wildman–Crippen LogP) is 3.58. The first kappa shape index (κ1) is 19.9. The topological polar surface area (TPSA) is 72.5 Å². The van der Waals surface area contributed by atoms with Crippen LogP contribution in [0.2, 0.25) is 5.02 Å². The maximum absolute atomic E-state index is 13.4. The number of nitrogens with one attached hydrogen (secondary N) is 1. The molecule has 5 nitrogen and oxygen atoms in total. The number of amides is 1. The Morgan fingerprint density at radius 1 is 1.04 bits per heavy atom. The second-order valence-corrected chi connectivity index (χ2v) is 6.53. The Morgan fingerprint density at radius 3 is 2.42 bits per heavy atom. The average Bonchev–Trinajstić information content (AvgIpc) is 2.62. The van der Waals surface area contributed by atoms with Crippen molar-refractivity contribution in [1.82, 2.24) is 0 Å². The zero-order valence-corrected chi connectivity index (χ0v) is 15.1. The molecule has 1 amide bonds. The maximum Gasteiger partial charge on any atom is 0.316 e. The minimum absolute atomic E-state index is 0.0407. The summed E-state index contributed by atoms with van der Waals surface area (Å²) in [6, 6.07) is 12.1. The third kappa shape index (κ3) is 6.50. The van der Waals surface area contributed by atoms with Crippen molar-refractivity contribution in [3.8, 4) is 0 Å². The van der Waals surface area contributed by atoms with E-state index in [2.05, 4.69) is 5.32 Å². The number of ether oxygens (including phenoxy) is 1. The number of rotatable bonds is 8. The fourth-order valence-corrected chi connectivity index (χ4v) is 2.65. The van der Waals surface area contributed by atoms with E-state index in [0.29, 0.717) is 10.7 Å². The highest BCUT2D eigenvalue weighted by atomic mass is 35.5. The molecule has 0 saturated heterocycles. The summed E-state index contributed by atoms with van der Waals surface area (Å²) < 4.78 is 18.2. The summed E-state index contributed by atoms with van der Waals surface area (Å²) in [7, 11) is 0. The first-order chi connectivity index (χ1) is 12.5. The van der Waals surface area contributed by atoms with E-state index >= 15 is 0 Å². The SMILES string of the molecule is O=C(CSCC(=O)OCC(=O)c1ccccc1F)Nc1ccc(Cl)cc1. The summed E-state index contributed by atoms with van der Waals surface area (Å²) in [5.41, 5.74) is 0.466. The molecule has 0 aliphatic rings. The van der Waals surface area contributed by atoms with Crippen molar-refractivity contribution in [2.45, 2.75) is 0 Å². The number of hydrogen-bond donors (Lipinski definition) is 1. The zero-order chi connectivity index (χ0) is 18.9. The highest BCUT2D eigenvalue weighted by Gasteiger charge is 2.14. The number of benzene rings is 2. The van der Waals surface area contributed by atoms with Gasteiger partial charge in [0.05, 0.1) is 17.1 Å². The van der Waals surface area contributed by atoms with Crippen molar-refractivity contribution in [2.24, 2.45) is 0 Å². The van der Waals surface area contributed by atoms with Crippen LogP contribution in [0.1, 0.15) is 10.4 Å². The first-order valence-corrected chi connectivity index (χ1v) is 9.05. The molecule has 1 N–H and O–H groups in total. The number of Topliss-reactive ketones (excluding diaryl/α,β-unsaturated/α-hetero) is 1. The minimum Gasteiger partial charge on any atom is -0.457 e. The molecular formula is C18H15ClFNO4S. The second-order valence-electron chi connectivity index (χ2n) is 5.11. The van der Waals surface area contributed by atoms with E-state index in [9.17, 15) is 18.8 Å². The van der Waals surface area contributed by atoms with Crippen molar-refractivity contribution >= 4 is 46.7 Å². The Bertz CT molecular complexity index is 798. The normalized spacial score (nSPS) is 10.2. The summed E-state index contributed by atoms with van der Waals surface area (Å²) in [6.45, 7) is -0.544. The van der Waals surface area contributed by atoms with E-state index < -0.39 is 24.2 Å². The van der Waals surface area contributed by atoms with Gasteiger partial charge >= 0.3 is 5.97 Å². The number of carbonyl (C=O) groups is 3. The Labute approximate surface area is 158 Å². The predicted molar refractivity (Wildman–Crippen MR) is 99.1 cm³/mol. The third-order valence-corrected chi connectivity index (χ3v) is 4.28. The number of anilines is 1. The summed E-state index contributed by atoms with van der Waals surface area (Å²) in [6.07, 6.45) is 0. The summed E-state index contributed by atoms with van der Waals surface area (Å²) in [5, 5.41) is 3.21. The van der Waals surface area contributed by atoms with Crippen molar-refractivity contribution in [2.75, 3.05) is 23.4 Å². The molecule has 2 aromatic carbocycles. The third-order valence-electron chi connectivity index (χ3n) is 3.12. The largest absolute Gasteiger partial charge is 0.457 e. The molecule has 0 heterocycles. The number of hydrogen-bond acceptors (Lipinski definition) is 5. The second kappa shape index (κ2) is 9.94. The highest BCUT2D eigenvalue weighted by Crippen LogP contribution is 2.14. The van der Waals surface area contributed by atoms with Gasteiger partial charge in [0.2, 0.25) is 11.7 Å². The number of carbonyl (C=O) groups excluding carboxylic acids is 3. The standard InChI is InChI=1S/C18H15ClFNO4S/c19-12-5-7-13(8-6-12)21-17(23)10-26-11-18(24)25-9-16(22)14-3-1-2-4-15(14)20/h1-8H,9-11H2,(H,21,23). The molecule has 0 fully saturated rings. The fourth-order valence-electron chi connectivity index (χ4n) is 1.91. The summed E-state index contributed by atoms with van der Waals surface area (Å²) in [4.78, 5) is 35.1. The molecule has 0 bridgehead atoms. The molecular weight excluding hydrogens is 381 g/mol. The quantitative estimate of drug-likeness (QED) is 0.546. The van der Waals surface area contributed by atoms with Gasteiger partial charge < -0.3 is 10.1 Å². The van der Waals surface area contributed by atoms with Crippen LogP contribution in [0, 0.1) is 5.82 Å². The molecule has 0 saturated carbocycles. The van der Waals surface area contributed by atoms with Crippen molar-refractivity contribution in [1.29, 1.82) is 0 Å². The lowest BCUT2D eigenvalue weighted by Crippen LogP contribution is -2.18. The highest BCUT2D eigenvalue weighted by molar-refractivity contribution is 8.00. The Balaban J connectivity index is 1.67. The molecule has 0 spiro atoms. The van der Waals surface area contributed by atoms with Gasteiger partial charge in [0, 0.05) is 10.7 Å². The Hall–Kier alpha value is -2.38. The van der Waals surface area contributed by atoms with Crippen LogP contribution in [0.15, 0.2) is 48.5 Å². The van der Waals surface area contributed by atoms with E-state index in [1.54, 1.807) is 24.3 Å². The van der Waals surface area contributed by atoms with Gasteiger partial charge in [0.25, 0.3) is 0 Å². The lowest BCUT2D eigenvalue weighted by Gasteiger charge is -2.06. The van der Waals surface area contributed by atoms with E-state index in [1.165, 1.54) is 18.2 Å². The van der Waals surface area contributed by atoms with Crippen molar-refractivity contribution in [3.63, 3.8) is 0 Å². The average molecular weight is 396 g/mol. The van der Waals surface area contributed by atoms with Gasteiger partial charge in [-0.25, -0.2) is 4.39 Å². The number of halogens is 2. The molecule has 0 unspecified atom stereocenters. The van der Waals surface area contributed by atoms with E-state index in [4.69, 9.17) is 16.3 Å². The molecule has 2 rings (SSSR count). The summed E-state index contributed by atoms with van der Waals surface area (Å²) in [5.74, 6) is -2.28. The molecule has 0 radical (unpaired) electrons. The minimum atomic E-state index is -0.665. The summed E-state index contributed by atoms with van der Waals surface area (Å²) >= 11 is 6.80. The van der Waals surface area contributed by atoms with Gasteiger partial charge in [-0.2, -0.15) is 0 Å². The smallest absolute Gasteiger partial charge is 0.316 e. The van der Waals surface area contributed by atoms with Gasteiger partial charge in [0.15, 0.2) is 6.61 Å². The zero-order valence-electron chi connectivity index (χ0n) is 13.5. The van der Waals surface area contributed by atoms with Gasteiger partial charge in [-0.15, -0.1) is 11.8 Å². The number of ketones is 1. The molecule has 0 atom stereocenters. The lowest BCUT2D eigenvalue weighted by atomic mass is 10.1. The molecule has 0 aliphatic carbocycles. The lowest BCUT2D eigenvalue weighted by molar-refractivity contribution is -0.139. The van der Waals surface area contributed by atoms with E-state index in [-0.39, 0.29) is 23.0 Å². The molecule has 136 valence electrons. The van der Waals surface area contributed by atoms with Crippen LogP contribution in [0.3, 0.4) is 0 Å². The van der Waals surface area contributed by atoms with Crippen LogP contribution < -0.4 is 5.32 Å². The molecule has 0 aromatic heterocycles. The Kier molecular flexibility index (Phi) is 7.62. The molecule has 26 heavy (non-hydrogen) atoms. The van der Waals surface area contributed by atoms with Gasteiger partial charge in [0.1, 0.15) is 5.82 Å². The first-order valence-electron chi connectivity index (χ1n) is 7.52. The van der Waals surface area contributed by atoms with Gasteiger partial charge in [-0.05, 0) is 36.4 Å². The molecule has 2 aromatic rings. The molecule has 0 aliphatic heterocycles. The maximum atomic E-state index is 13.4. The number of thioether (sulfide) groups is 1. The van der Waals surface area contributed by atoms with Crippen LogP contribution in [0.5, 0.6) is 0 Å². The fraction of sp³-hybridized carbons (Fsp3) is 0.167. The van der Waals surface area contributed by atoms with Crippen LogP contribution in [0.4, 0.5) is 10.1 Å². The monoisotopic (exact) mass is 395 g/mol. The van der Waals surface area contributed by atoms with Gasteiger partial charge in [-0.3, -0.25) is 14.4 Å². The van der Waals surface area contributed by atoms with Crippen molar-refractivity contribution in [3.05, 3.63) is 64.9 Å². The number of esters is 1. The van der Waals surface area contributed by atoms with Crippen molar-refractivity contribution < 1.29 is 23.5 Å². The van der Waals surface area contributed by atoms with E-state index in [1.807, 2.05) is 0 Å². The van der Waals surface area contributed by atoms with Crippen LogP contribution >= 0.6 is 23.4 Å². The Morgan fingerprint density at radius 2 is 1.73 bits per heavy atom. The molecule has 8 heteroatoms. The van der Waals surface area contributed by atoms with E-state index in [0.717, 1.165) is 17.8 Å².